The Labute approximate surface area is 177 Å². The molecule has 0 unspecified atom stereocenters. The van der Waals surface area contributed by atoms with Crippen LogP contribution in [-0.4, -0.2) is 27.9 Å². The molecule has 0 spiro atoms. The first-order valence-electron chi connectivity index (χ1n) is 10.3. The molecule has 0 amide bonds. The van der Waals surface area contributed by atoms with E-state index in [1.807, 2.05) is 59.9 Å². The predicted octanol–water partition coefficient (Wildman–Crippen LogP) is 3.02. The lowest BCUT2D eigenvalue weighted by Gasteiger charge is -2.11. The number of benzene rings is 2. The van der Waals surface area contributed by atoms with Crippen LogP contribution in [0.15, 0.2) is 58.4 Å². The van der Waals surface area contributed by atoms with E-state index in [9.17, 15) is 9.59 Å². The molecule has 0 bridgehead atoms. The van der Waals surface area contributed by atoms with E-state index in [-0.39, 0.29) is 11.1 Å². The zero-order chi connectivity index (χ0) is 21.5. The molecule has 152 valence electrons. The molecule has 0 radical (unpaired) electrons. The highest BCUT2D eigenvalue weighted by atomic mass is 16.1. The van der Waals surface area contributed by atoms with Crippen LogP contribution in [0.25, 0.3) is 65.9 Å². The number of imidazole rings is 2. The molecule has 6 aromatic heterocycles. The summed E-state index contributed by atoms with van der Waals surface area (Å²) in [5.74, 6) is 0. The maximum atomic E-state index is 13.6. The van der Waals surface area contributed by atoms with Gasteiger partial charge in [0.2, 0.25) is 0 Å². The van der Waals surface area contributed by atoms with E-state index < -0.39 is 0 Å². The molecule has 0 atom stereocenters. The minimum atomic E-state index is -0.128. The summed E-state index contributed by atoms with van der Waals surface area (Å²) in [5, 5.41) is 4.42. The fraction of sp³-hybridized carbons (Fsp3) is 0.0833. The third kappa shape index (κ3) is 1.55. The fourth-order valence-corrected chi connectivity index (χ4v) is 5.40. The zero-order valence-corrected chi connectivity index (χ0v) is 17.1. The molecule has 0 saturated carbocycles. The van der Waals surface area contributed by atoms with Gasteiger partial charge in [0.1, 0.15) is 0 Å². The maximum absolute atomic E-state index is 13.6. The molecule has 2 aromatic carbocycles. The first-order chi connectivity index (χ1) is 15.5. The van der Waals surface area contributed by atoms with Gasteiger partial charge < -0.3 is 9.13 Å². The standard InChI is InChI=1S/C24H14N6O2/c1-27-9-7-15-21(27)25-19-11-3-4-12-18-14(6-5-13(17(11)18)23(31)29(15)19)24(32)30-16-8-10-28(2)22(16)26-20(12)30/h3-10H,1-2H3. The van der Waals surface area contributed by atoms with Gasteiger partial charge >= 0.3 is 0 Å². The molecule has 32 heavy (non-hydrogen) atoms. The normalized spacial score (nSPS) is 12.9. The highest BCUT2D eigenvalue weighted by Gasteiger charge is 2.23. The summed E-state index contributed by atoms with van der Waals surface area (Å²) < 4.78 is 7.17. The number of hydrogen-bond acceptors (Lipinski definition) is 4. The Morgan fingerprint density at radius 1 is 0.562 bits per heavy atom. The Hall–Kier alpha value is -4.46. The summed E-state index contributed by atoms with van der Waals surface area (Å²) in [7, 11) is 3.83. The van der Waals surface area contributed by atoms with Gasteiger partial charge in [0, 0.05) is 58.8 Å². The van der Waals surface area contributed by atoms with Crippen molar-refractivity contribution in [2.75, 3.05) is 0 Å². The highest BCUT2D eigenvalue weighted by molar-refractivity contribution is 6.27. The lowest BCUT2D eigenvalue weighted by atomic mass is 9.96. The molecule has 8 aromatic rings. The van der Waals surface area contributed by atoms with Gasteiger partial charge in [-0.2, -0.15) is 0 Å². The molecule has 8 heteroatoms. The van der Waals surface area contributed by atoms with Crippen molar-refractivity contribution >= 4 is 65.9 Å². The van der Waals surface area contributed by atoms with Crippen LogP contribution in [0, 0.1) is 0 Å². The number of aryl methyl sites for hydroxylation is 2. The van der Waals surface area contributed by atoms with Crippen molar-refractivity contribution in [3.63, 3.8) is 0 Å². The monoisotopic (exact) mass is 418 g/mol. The summed E-state index contributed by atoms with van der Waals surface area (Å²) in [5.41, 5.74) is 4.03. The van der Waals surface area contributed by atoms with Crippen LogP contribution in [-0.2, 0) is 14.1 Å². The number of fused-ring (bicyclic) bond motifs is 8. The predicted molar refractivity (Wildman–Crippen MR) is 124 cm³/mol. The number of aromatic nitrogens is 6. The van der Waals surface area contributed by atoms with E-state index in [1.165, 1.54) is 0 Å². The molecule has 0 N–H and O–H groups in total. The largest absolute Gasteiger partial charge is 0.334 e. The second-order valence-electron chi connectivity index (χ2n) is 8.49. The van der Waals surface area contributed by atoms with Gasteiger partial charge in [0.25, 0.3) is 11.1 Å². The summed E-state index contributed by atoms with van der Waals surface area (Å²) >= 11 is 0. The van der Waals surface area contributed by atoms with Gasteiger partial charge in [-0.25, -0.2) is 9.97 Å². The quantitative estimate of drug-likeness (QED) is 0.355. The minimum absolute atomic E-state index is 0.128. The molecule has 0 fully saturated rings. The van der Waals surface area contributed by atoms with Crippen LogP contribution in [0.1, 0.15) is 0 Å². The molecule has 8 nitrogen and oxygen atoms in total. The van der Waals surface area contributed by atoms with Crippen molar-refractivity contribution in [3.05, 3.63) is 69.5 Å². The Balaban J connectivity index is 1.73. The van der Waals surface area contributed by atoms with Crippen molar-refractivity contribution < 1.29 is 0 Å². The molecular formula is C24H14N6O2. The van der Waals surface area contributed by atoms with Gasteiger partial charge in [-0.05, 0) is 36.4 Å². The molecule has 8 rings (SSSR count). The van der Waals surface area contributed by atoms with Crippen LogP contribution in [0.4, 0.5) is 0 Å². The van der Waals surface area contributed by atoms with Crippen LogP contribution >= 0.6 is 0 Å². The third-order valence-corrected chi connectivity index (χ3v) is 6.88. The Morgan fingerprint density at radius 2 is 0.969 bits per heavy atom. The molecule has 6 heterocycles. The van der Waals surface area contributed by atoms with E-state index in [2.05, 4.69) is 0 Å². The maximum Gasteiger partial charge on any atom is 0.264 e. The van der Waals surface area contributed by atoms with Crippen LogP contribution in [0.5, 0.6) is 0 Å². The van der Waals surface area contributed by atoms with Crippen LogP contribution in [0.3, 0.4) is 0 Å². The number of nitrogens with zero attached hydrogens (tertiary/aromatic N) is 6. The molecule has 0 aliphatic heterocycles. The third-order valence-electron chi connectivity index (χ3n) is 6.88. The van der Waals surface area contributed by atoms with E-state index in [0.29, 0.717) is 22.1 Å². The SMILES string of the molecule is Cn1ccc2c1nc1c3ccc4c5c(ccc(c(=O)n21)c35)c(=O)n1c2ccn(C)c2nc41. The van der Waals surface area contributed by atoms with Crippen molar-refractivity contribution in [2.45, 2.75) is 0 Å². The second-order valence-corrected chi connectivity index (χ2v) is 8.49. The topological polar surface area (TPSA) is 78.6 Å². The fourth-order valence-electron chi connectivity index (χ4n) is 5.40. The van der Waals surface area contributed by atoms with Gasteiger partial charge in [-0.1, -0.05) is 0 Å². The van der Waals surface area contributed by atoms with Crippen LogP contribution < -0.4 is 11.1 Å². The van der Waals surface area contributed by atoms with Crippen LogP contribution in [0.2, 0.25) is 0 Å². The zero-order valence-electron chi connectivity index (χ0n) is 17.1. The summed E-state index contributed by atoms with van der Waals surface area (Å²) in [6.45, 7) is 0. The van der Waals surface area contributed by atoms with Gasteiger partial charge in [-0.3, -0.25) is 18.4 Å². The lowest BCUT2D eigenvalue weighted by molar-refractivity contribution is 0.953. The van der Waals surface area contributed by atoms with Gasteiger partial charge in [0.05, 0.1) is 11.0 Å². The van der Waals surface area contributed by atoms with Crippen molar-refractivity contribution in [3.8, 4) is 0 Å². The minimum Gasteiger partial charge on any atom is -0.334 e. The van der Waals surface area contributed by atoms with E-state index in [1.54, 1.807) is 20.9 Å². The summed E-state index contributed by atoms with van der Waals surface area (Å²) in [6.07, 6.45) is 3.80. The van der Waals surface area contributed by atoms with Crippen molar-refractivity contribution in [1.29, 1.82) is 0 Å². The summed E-state index contributed by atoms with van der Waals surface area (Å²) in [6, 6.07) is 11.3. The lowest BCUT2D eigenvalue weighted by Crippen LogP contribution is -2.16. The smallest absolute Gasteiger partial charge is 0.264 e. The Morgan fingerprint density at radius 3 is 1.41 bits per heavy atom. The molecule has 0 aliphatic carbocycles. The number of rotatable bonds is 0. The first kappa shape index (κ1) is 16.3. The second kappa shape index (κ2) is 4.88. The van der Waals surface area contributed by atoms with E-state index in [4.69, 9.17) is 9.97 Å². The average molecular weight is 418 g/mol. The Kier molecular flexibility index (Phi) is 2.48. The Bertz CT molecular complexity index is 2050. The first-order valence-corrected chi connectivity index (χ1v) is 10.3. The van der Waals surface area contributed by atoms with Gasteiger partial charge in [-0.15, -0.1) is 0 Å². The summed E-state index contributed by atoms with van der Waals surface area (Å²) in [4.78, 5) is 36.7. The number of hydrogen-bond donors (Lipinski definition) is 0. The van der Waals surface area contributed by atoms with Crippen molar-refractivity contribution in [2.24, 2.45) is 14.1 Å². The molecular weight excluding hydrogens is 404 g/mol. The highest BCUT2D eigenvalue weighted by Crippen LogP contribution is 2.36. The molecule has 0 saturated heterocycles. The molecule has 0 aliphatic rings. The van der Waals surface area contributed by atoms with E-state index >= 15 is 0 Å². The van der Waals surface area contributed by atoms with E-state index in [0.717, 1.165) is 43.9 Å². The van der Waals surface area contributed by atoms with Gasteiger partial charge in [0.15, 0.2) is 22.6 Å². The average Bonchev–Trinajstić information content (AvgIpc) is 3.53. The number of pyridine rings is 2. The van der Waals surface area contributed by atoms with Crippen molar-refractivity contribution in [1.82, 2.24) is 27.9 Å².